The molecule has 3 rings (SSSR count). The van der Waals surface area contributed by atoms with Crippen LogP contribution in [0.2, 0.25) is 0 Å². The molecule has 3 N–H and O–H groups in total. The van der Waals surface area contributed by atoms with Crippen molar-refractivity contribution in [2.45, 2.75) is 45.6 Å². The normalized spacial score (nSPS) is 28.2. The summed E-state index contributed by atoms with van der Waals surface area (Å²) in [5, 5.41) is 10.8. The quantitative estimate of drug-likeness (QED) is 0.863. The van der Waals surface area contributed by atoms with Crippen LogP contribution in [-0.4, -0.2) is 44.6 Å². The molecule has 6 nitrogen and oxygen atoms in total. The molecule has 1 aliphatic heterocycles. The van der Waals surface area contributed by atoms with Crippen LogP contribution in [0.3, 0.4) is 0 Å². The number of nitrogens with zero attached hydrogens (tertiary/aromatic N) is 3. The van der Waals surface area contributed by atoms with Crippen molar-refractivity contribution in [2.24, 2.45) is 11.8 Å². The molecule has 1 aromatic rings. The molecule has 2 heterocycles. The van der Waals surface area contributed by atoms with E-state index in [1.165, 1.54) is 0 Å². The molecule has 1 saturated carbocycles. The SMILES string of the molecule is Cc1nc(N)nc(C)c1CC(=O)N1C[C@@H](C)[C@](O)(C2CC2)C1. The predicted molar refractivity (Wildman–Crippen MR) is 83.0 cm³/mol. The van der Waals surface area contributed by atoms with Crippen molar-refractivity contribution < 1.29 is 9.90 Å². The first kappa shape index (κ1) is 15.2. The molecule has 0 aromatic carbocycles. The van der Waals surface area contributed by atoms with E-state index in [2.05, 4.69) is 9.97 Å². The van der Waals surface area contributed by atoms with Gasteiger partial charge in [-0.15, -0.1) is 0 Å². The van der Waals surface area contributed by atoms with Gasteiger partial charge in [0.2, 0.25) is 11.9 Å². The number of likely N-dealkylation sites (tertiary alicyclic amines) is 1. The molecule has 0 radical (unpaired) electrons. The Labute approximate surface area is 130 Å². The third-order valence-electron chi connectivity index (χ3n) is 5.19. The topological polar surface area (TPSA) is 92.3 Å². The largest absolute Gasteiger partial charge is 0.387 e. The number of rotatable bonds is 3. The number of nitrogens with two attached hydrogens (primary N) is 1. The van der Waals surface area contributed by atoms with E-state index in [-0.39, 0.29) is 24.2 Å². The van der Waals surface area contributed by atoms with Crippen LogP contribution in [0, 0.1) is 25.7 Å². The van der Waals surface area contributed by atoms with E-state index >= 15 is 0 Å². The summed E-state index contributed by atoms with van der Waals surface area (Å²) in [4.78, 5) is 22.7. The number of anilines is 1. The number of carbonyl (C=O) groups excluding carboxylic acids is 1. The molecular weight excluding hydrogens is 280 g/mol. The van der Waals surface area contributed by atoms with E-state index in [9.17, 15) is 9.90 Å². The molecule has 0 bridgehead atoms. The molecule has 2 aliphatic rings. The zero-order valence-corrected chi connectivity index (χ0v) is 13.5. The number of nitrogen functional groups attached to an aromatic ring is 1. The molecule has 22 heavy (non-hydrogen) atoms. The Balaban J connectivity index is 1.73. The van der Waals surface area contributed by atoms with Crippen LogP contribution < -0.4 is 5.73 Å². The average Bonchev–Trinajstić information content (AvgIpc) is 3.22. The zero-order chi connectivity index (χ0) is 16.1. The molecule has 2 atom stereocenters. The minimum absolute atomic E-state index is 0.0306. The van der Waals surface area contributed by atoms with E-state index in [1.807, 2.05) is 20.8 Å². The smallest absolute Gasteiger partial charge is 0.227 e. The fourth-order valence-corrected chi connectivity index (χ4v) is 3.60. The minimum Gasteiger partial charge on any atom is -0.387 e. The zero-order valence-electron chi connectivity index (χ0n) is 13.5. The summed E-state index contributed by atoms with van der Waals surface area (Å²) in [5.74, 6) is 0.768. The summed E-state index contributed by atoms with van der Waals surface area (Å²) in [6.45, 7) is 6.81. The minimum atomic E-state index is -0.697. The first-order valence-corrected chi connectivity index (χ1v) is 7.91. The van der Waals surface area contributed by atoms with Gasteiger partial charge < -0.3 is 15.7 Å². The molecule has 1 aliphatic carbocycles. The summed E-state index contributed by atoms with van der Waals surface area (Å²) in [7, 11) is 0. The Kier molecular flexibility index (Phi) is 3.59. The fourth-order valence-electron chi connectivity index (χ4n) is 3.60. The third kappa shape index (κ3) is 2.56. The van der Waals surface area contributed by atoms with Gasteiger partial charge in [-0.05, 0) is 32.6 Å². The summed E-state index contributed by atoms with van der Waals surface area (Å²) in [5.41, 5.74) is 7.27. The van der Waals surface area contributed by atoms with Crippen LogP contribution in [-0.2, 0) is 11.2 Å². The lowest BCUT2D eigenvalue weighted by Gasteiger charge is -2.26. The van der Waals surface area contributed by atoms with E-state index in [4.69, 9.17) is 5.73 Å². The summed E-state index contributed by atoms with van der Waals surface area (Å²) < 4.78 is 0. The highest BCUT2D eigenvalue weighted by Gasteiger charge is 2.53. The maximum atomic E-state index is 12.6. The number of amides is 1. The van der Waals surface area contributed by atoms with E-state index < -0.39 is 5.60 Å². The van der Waals surface area contributed by atoms with Crippen molar-refractivity contribution in [3.05, 3.63) is 17.0 Å². The second-order valence-electron chi connectivity index (χ2n) is 6.85. The number of β-amino-alcohol motifs (C(OH)–C–C–N with tert-alkyl or cyclic N) is 1. The maximum absolute atomic E-state index is 12.6. The van der Waals surface area contributed by atoms with Gasteiger partial charge in [0, 0.05) is 36.0 Å². The van der Waals surface area contributed by atoms with Gasteiger partial charge in [0.05, 0.1) is 12.0 Å². The highest BCUT2D eigenvalue weighted by atomic mass is 16.3. The monoisotopic (exact) mass is 304 g/mol. The Morgan fingerprint density at radius 3 is 2.50 bits per heavy atom. The van der Waals surface area contributed by atoms with Gasteiger partial charge in [-0.25, -0.2) is 9.97 Å². The number of aromatic nitrogens is 2. The summed E-state index contributed by atoms with van der Waals surface area (Å²) >= 11 is 0. The number of aliphatic hydroxyl groups is 1. The van der Waals surface area contributed by atoms with Crippen LogP contribution >= 0.6 is 0 Å². The van der Waals surface area contributed by atoms with Crippen LogP contribution in [0.25, 0.3) is 0 Å². The van der Waals surface area contributed by atoms with Crippen molar-refractivity contribution in [1.82, 2.24) is 14.9 Å². The first-order valence-electron chi connectivity index (χ1n) is 7.91. The second-order valence-corrected chi connectivity index (χ2v) is 6.85. The van der Waals surface area contributed by atoms with Gasteiger partial charge in [0.15, 0.2) is 0 Å². The van der Waals surface area contributed by atoms with Crippen LogP contribution in [0.4, 0.5) is 5.95 Å². The summed E-state index contributed by atoms with van der Waals surface area (Å²) in [6, 6.07) is 0. The van der Waals surface area contributed by atoms with Crippen molar-refractivity contribution in [3.8, 4) is 0 Å². The van der Waals surface area contributed by atoms with Crippen molar-refractivity contribution >= 4 is 11.9 Å². The molecule has 1 saturated heterocycles. The Hall–Kier alpha value is -1.69. The first-order chi connectivity index (χ1) is 10.3. The van der Waals surface area contributed by atoms with E-state index in [0.29, 0.717) is 19.0 Å². The Morgan fingerprint density at radius 2 is 1.95 bits per heavy atom. The molecule has 6 heteroatoms. The molecule has 2 fully saturated rings. The number of carbonyl (C=O) groups is 1. The van der Waals surface area contributed by atoms with Crippen molar-refractivity contribution in [1.29, 1.82) is 0 Å². The molecule has 0 spiro atoms. The Bertz CT molecular complexity index is 591. The fraction of sp³-hybridized carbons (Fsp3) is 0.688. The second kappa shape index (κ2) is 5.19. The van der Waals surface area contributed by atoms with Crippen LogP contribution in [0.15, 0.2) is 0 Å². The van der Waals surface area contributed by atoms with E-state index in [0.717, 1.165) is 29.8 Å². The average molecular weight is 304 g/mol. The molecule has 120 valence electrons. The Morgan fingerprint density at radius 1 is 1.36 bits per heavy atom. The van der Waals surface area contributed by atoms with Gasteiger partial charge in [0.25, 0.3) is 0 Å². The van der Waals surface area contributed by atoms with Crippen molar-refractivity contribution in [2.75, 3.05) is 18.8 Å². The van der Waals surface area contributed by atoms with Gasteiger partial charge in [-0.3, -0.25) is 4.79 Å². The van der Waals surface area contributed by atoms with Crippen LogP contribution in [0.1, 0.15) is 36.7 Å². The lowest BCUT2D eigenvalue weighted by molar-refractivity contribution is -0.130. The van der Waals surface area contributed by atoms with Crippen LogP contribution in [0.5, 0.6) is 0 Å². The van der Waals surface area contributed by atoms with Gasteiger partial charge in [-0.2, -0.15) is 0 Å². The van der Waals surface area contributed by atoms with Crippen molar-refractivity contribution in [3.63, 3.8) is 0 Å². The third-order valence-corrected chi connectivity index (χ3v) is 5.19. The maximum Gasteiger partial charge on any atom is 0.227 e. The van der Waals surface area contributed by atoms with E-state index in [1.54, 1.807) is 4.90 Å². The molecule has 1 amide bonds. The molecular formula is C16H24N4O2. The molecule has 0 unspecified atom stereocenters. The highest BCUT2D eigenvalue weighted by Crippen LogP contribution is 2.47. The summed E-state index contributed by atoms with van der Waals surface area (Å²) in [6.07, 6.45) is 2.42. The predicted octanol–water partition coefficient (Wildman–Crippen LogP) is 0.838. The number of aryl methyl sites for hydroxylation is 2. The van der Waals surface area contributed by atoms with Gasteiger partial charge >= 0.3 is 0 Å². The molecule has 1 aromatic heterocycles. The lowest BCUT2D eigenvalue weighted by atomic mass is 9.88. The number of hydrogen-bond donors (Lipinski definition) is 2. The van der Waals surface area contributed by atoms with Gasteiger partial charge in [0.1, 0.15) is 0 Å². The van der Waals surface area contributed by atoms with Gasteiger partial charge in [-0.1, -0.05) is 6.92 Å². The number of hydrogen-bond acceptors (Lipinski definition) is 5. The highest BCUT2D eigenvalue weighted by molar-refractivity contribution is 5.79. The lowest BCUT2D eigenvalue weighted by Crippen LogP contribution is -2.40. The standard InChI is InChI=1S/C16H24N4O2/c1-9-7-20(8-16(9,22)12-4-5-12)14(21)6-13-10(2)18-15(17)19-11(13)3/h9,12,22H,4-8H2,1-3H3,(H2,17,18,19)/t9-,16+/m1/s1.